The summed E-state index contributed by atoms with van der Waals surface area (Å²) in [5.74, 6) is -0.0394. The highest BCUT2D eigenvalue weighted by Gasteiger charge is 1.98. The van der Waals surface area contributed by atoms with Gasteiger partial charge in [0.1, 0.15) is 5.75 Å². The minimum Gasteiger partial charge on any atom is -0.507 e. The van der Waals surface area contributed by atoms with Crippen molar-refractivity contribution in [3.63, 3.8) is 0 Å². The quantitative estimate of drug-likeness (QED) is 0.704. The number of phenols is 1. The van der Waals surface area contributed by atoms with Crippen LogP contribution in [0.4, 0.5) is 0 Å². The van der Waals surface area contributed by atoms with E-state index in [0.717, 1.165) is 6.08 Å². The molecular formula is C8H8O4S. The number of rotatable bonds is 2. The van der Waals surface area contributed by atoms with Crippen molar-refractivity contribution in [2.45, 2.75) is 0 Å². The molecule has 2 N–H and O–H groups in total. The van der Waals surface area contributed by atoms with Gasteiger partial charge in [-0.05, 0) is 12.1 Å². The minimum absolute atomic E-state index is 0.0394. The van der Waals surface area contributed by atoms with Crippen molar-refractivity contribution in [1.29, 1.82) is 0 Å². The first-order valence-electron chi connectivity index (χ1n) is 3.42. The van der Waals surface area contributed by atoms with Gasteiger partial charge < -0.3 is 5.11 Å². The molecule has 1 rings (SSSR count). The van der Waals surface area contributed by atoms with Gasteiger partial charge in [-0.3, -0.25) is 4.55 Å². The first-order chi connectivity index (χ1) is 5.99. The monoisotopic (exact) mass is 200 g/mol. The lowest BCUT2D eigenvalue weighted by molar-refractivity contribution is 0.474. The molecule has 0 atom stereocenters. The second-order valence-corrected chi connectivity index (χ2v) is 3.68. The third-order valence-electron chi connectivity index (χ3n) is 1.36. The Hall–Kier alpha value is -1.33. The fourth-order valence-corrected chi connectivity index (χ4v) is 1.11. The van der Waals surface area contributed by atoms with E-state index in [1.165, 1.54) is 12.1 Å². The molecule has 0 aliphatic heterocycles. The van der Waals surface area contributed by atoms with Crippen LogP contribution in [-0.2, 0) is 10.1 Å². The van der Waals surface area contributed by atoms with Gasteiger partial charge in [0.2, 0.25) is 0 Å². The van der Waals surface area contributed by atoms with Gasteiger partial charge in [-0.1, -0.05) is 18.2 Å². The SMILES string of the molecule is O=S(=O)(O)/C=C/c1ccccc1O. The van der Waals surface area contributed by atoms with Crippen molar-refractivity contribution in [1.82, 2.24) is 0 Å². The minimum atomic E-state index is -4.13. The molecule has 0 bridgehead atoms. The van der Waals surface area contributed by atoms with Crippen molar-refractivity contribution in [2.24, 2.45) is 0 Å². The Labute approximate surface area is 75.9 Å². The Bertz CT molecular complexity index is 420. The highest BCUT2D eigenvalue weighted by molar-refractivity contribution is 7.88. The van der Waals surface area contributed by atoms with Gasteiger partial charge in [-0.15, -0.1) is 0 Å². The van der Waals surface area contributed by atoms with Crippen molar-refractivity contribution in [2.75, 3.05) is 0 Å². The number of benzene rings is 1. The van der Waals surface area contributed by atoms with E-state index < -0.39 is 10.1 Å². The molecule has 70 valence electrons. The number of aromatic hydroxyl groups is 1. The largest absolute Gasteiger partial charge is 0.507 e. The van der Waals surface area contributed by atoms with Gasteiger partial charge in [0.15, 0.2) is 0 Å². The predicted octanol–water partition coefficient (Wildman–Crippen LogP) is 1.25. The van der Waals surface area contributed by atoms with Gasteiger partial charge in [0.25, 0.3) is 10.1 Å². The molecule has 0 fully saturated rings. The molecule has 13 heavy (non-hydrogen) atoms. The summed E-state index contributed by atoms with van der Waals surface area (Å²) in [6.45, 7) is 0. The van der Waals surface area contributed by atoms with Gasteiger partial charge in [0.05, 0.1) is 5.41 Å². The van der Waals surface area contributed by atoms with Crippen LogP contribution in [0.3, 0.4) is 0 Å². The molecule has 1 aromatic carbocycles. The van der Waals surface area contributed by atoms with Crippen LogP contribution in [0, 0.1) is 0 Å². The van der Waals surface area contributed by atoms with Crippen molar-refractivity contribution < 1.29 is 18.1 Å². The zero-order chi connectivity index (χ0) is 9.90. The van der Waals surface area contributed by atoms with E-state index in [2.05, 4.69) is 0 Å². The van der Waals surface area contributed by atoms with Crippen molar-refractivity contribution in [3.8, 4) is 5.75 Å². The number of hydrogen-bond acceptors (Lipinski definition) is 3. The van der Waals surface area contributed by atoms with Gasteiger partial charge in [-0.25, -0.2) is 0 Å². The molecule has 4 nitrogen and oxygen atoms in total. The van der Waals surface area contributed by atoms with Crippen LogP contribution < -0.4 is 0 Å². The highest BCUT2D eigenvalue weighted by Crippen LogP contribution is 2.17. The van der Waals surface area contributed by atoms with Crippen LogP contribution in [0.1, 0.15) is 5.56 Å². The second kappa shape index (κ2) is 3.59. The van der Waals surface area contributed by atoms with E-state index >= 15 is 0 Å². The molecule has 0 unspecified atom stereocenters. The number of para-hydroxylation sites is 1. The van der Waals surface area contributed by atoms with Crippen LogP contribution >= 0.6 is 0 Å². The Balaban J connectivity index is 3.00. The van der Waals surface area contributed by atoms with Crippen molar-refractivity contribution >= 4 is 16.2 Å². The lowest BCUT2D eigenvalue weighted by Crippen LogP contribution is -1.88. The van der Waals surface area contributed by atoms with Gasteiger partial charge in [-0.2, -0.15) is 8.42 Å². The molecule has 0 spiro atoms. The summed E-state index contributed by atoms with van der Waals surface area (Å²) in [4.78, 5) is 0. The summed E-state index contributed by atoms with van der Waals surface area (Å²) in [5, 5.41) is 9.79. The summed E-state index contributed by atoms with van der Waals surface area (Å²) in [6.07, 6.45) is 1.12. The molecule has 0 saturated carbocycles. The zero-order valence-corrected chi connectivity index (χ0v) is 7.40. The summed E-state index contributed by atoms with van der Waals surface area (Å²) in [7, 11) is -4.13. The molecule has 0 heterocycles. The normalized spacial score (nSPS) is 12.1. The Morgan fingerprint density at radius 3 is 2.38 bits per heavy atom. The third kappa shape index (κ3) is 3.27. The fourth-order valence-electron chi connectivity index (χ4n) is 0.788. The van der Waals surface area contributed by atoms with E-state index in [0.29, 0.717) is 11.0 Å². The Kier molecular flexibility index (Phi) is 2.69. The molecule has 5 heteroatoms. The zero-order valence-electron chi connectivity index (χ0n) is 6.58. The van der Waals surface area contributed by atoms with E-state index in [-0.39, 0.29) is 5.75 Å². The molecule has 0 radical (unpaired) electrons. The first-order valence-corrected chi connectivity index (χ1v) is 4.93. The van der Waals surface area contributed by atoms with Crippen molar-refractivity contribution in [3.05, 3.63) is 35.2 Å². The molecule has 0 aromatic heterocycles. The molecule has 0 saturated heterocycles. The molecule has 0 aliphatic carbocycles. The Morgan fingerprint density at radius 1 is 1.23 bits per heavy atom. The Morgan fingerprint density at radius 2 is 1.85 bits per heavy atom. The van der Waals surface area contributed by atoms with Crippen LogP contribution in [0.5, 0.6) is 5.75 Å². The van der Waals surface area contributed by atoms with E-state index in [1.807, 2.05) is 0 Å². The lowest BCUT2D eigenvalue weighted by atomic mass is 10.2. The van der Waals surface area contributed by atoms with Crippen LogP contribution in [-0.4, -0.2) is 18.1 Å². The van der Waals surface area contributed by atoms with Gasteiger partial charge >= 0.3 is 0 Å². The number of phenolic OH excluding ortho intramolecular Hbond substituents is 1. The average Bonchev–Trinajstić information content (AvgIpc) is 2.01. The van der Waals surface area contributed by atoms with Crippen LogP contribution in [0.2, 0.25) is 0 Å². The topological polar surface area (TPSA) is 74.6 Å². The predicted molar refractivity (Wildman–Crippen MR) is 48.7 cm³/mol. The summed E-state index contributed by atoms with van der Waals surface area (Å²) in [5.41, 5.74) is 0.333. The van der Waals surface area contributed by atoms with E-state index in [9.17, 15) is 13.5 Å². The van der Waals surface area contributed by atoms with Gasteiger partial charge in [0, 0.05) is 5.56 Å². The van der Waals surface area contributed by atoms with Crippen LogP contribution in [0.25, 0.3) is 6.08 Å². The van der Waals surface area contributed by atoms with E-state index in [1.54, 1.807) is 12.1 Å². The van der Waals surface area contributed by atoms with Crippen LogP contribution in [0.15, 0.2) is 29.7 Å². The maximum absolute atomic E-state index is 10.3. The third-order valence-corrected chi connectivity index (χ3v) is 1.84. The summed E-state index contributed by atoms with van der Waals surface area (Å²) < 4.78 is 29.0. The highest BCUT2D eigenvalue weighted by atomic mass is 32.2. The summed E-state index contributed by atoms with van der Waals surface area (Å²) in [6, 6.07) is 6.20. The molecule has 0 aliphatic rings. The standard InChI is InChI=1S/C8H8O4S/c9-8-4-2-1-3-7(8)5-6-13(10,11)12/h1-6,9H,(H,10,11,12)/b6-5+. The maximum atomic E-state index is 10.3. The average molecular weight is 200 g/mol. The lowest BCUT2D eigenvalue weighted by Gasteiger charge is -1.95. The molecular weight excluding hydrogens is 192 g/mol. The van der Waals surface area contributed by atoms with E-state index in [4.69, 9.17) is 4.55 Å². The first kappa shape index (κ1) is 9.76. The fraction of sp³-hybridized carbons (Fsp3) is 0. The second-order valence-electron chi connectivity index (χ2n) is 2.38. The summed E-state index contributed by atoms with van der Waals surface area (Å²) >= 11 is 0. The maximum Gasteiger partial charge on any atom is 0.287 e. The smallest absolute Gasteiger partial charge is 0.287 e. The number of hydrogen-bond donors (Lipinski definition) is 2. The molecule has 0 amide bonds. The molecule has 1 aromatic rings.